The van der Waals surface area contributed by atoms with E-state index in [0.717, 1.165) is 5.56 Å². The molecule has 0 aliphatic carbocycles. The number of primary amides is 1. The third kappa shape index (κ3) is 4.37. The molecule has 1 aromatic rings. The van der Waals surface area contributed by atoms with Gasteiger partial charge in [-0.25, -0.2) is 0 Å². The van der Waals surface area contributed by atoms with Gasteiger partial charge in [0.15, 0.2) is 0 Å². The molecular weight excluding hydrogens is 316 g/mol. The van der Waals surface area contributed by atoms with Crippen LogP contribution >= 0.6 is 0 Å². The molecule has 2 rings (SSSR count). The number of hydrogen-bond acceptors (Lipinski definition) is 4. The molecule has 1 saturated heterocycles. The molecule has 0 spiro atoms. The fourth-order valence-corrected chi connectivity index (χ4v) is 2.99. The fourth-order valence-electron chi connectivity index (χ4n) is 2.99. The van der Waals surface area contributed by atoms with Crippen molar-refractivity contribution in [3.05, 3.63) is 35.9 Å². The molecule has 1 aliphatic rings. The number of carbonyl (C=O) groups is 2. The van der Waals surface area contributed by atoms with E-state index in [1.807, 2.05) is 30.3 Å². The number of carbonyl (C=O) groups excluding carboxylic acids is 2. The summed E-state index contributed by atoms with van der Waals surface area (Å²) < 4.78 is 0. The van der Waals surface area contributed by atoms with Crippen molar-refractivity contribution < 1.29 is 9.59 Å². The van der Waals surface area contributed by atoms with Crippen LogP contribution in [0.3, 0.4) is 0 Å². The van der Waals surface area contributed by atoms with Crippen molar-refractivity contribution >= 4 is 11.8 Å². The molecule has 0 bridgehead atoms. The van der Waals surface area contributed by atoms with E-state index in [1.165, 1.54) is 0 Å². The maximum atomic E-state index is 13.0. The van der Waals surface area contributed by atoms with Gasteiger partial charge in [0.05, 0.1) is 6.07 Å². The third-order valence-electron chi connectivity index (χ3n) is 4.97. The lowest BCUT2D eigenvalue weighted by molar-refractivity contribution is -0.137. The second kappa shape index (κ2) is 7.66. The number of amides is 2. The van der Waals surface area contributed by atoms with Gasteiger partial charge in [0.25, 0.3) is 0 Å². The Morgan fingerprint density at radius 2 is 2.04 bits per heavy atom. The molecule has 0 aromatic heterocycles. The molecule has 1 aliphatic heterocycles. The first-order valence-corrected chi connectivity index (χ1v) is 8.57. The Morgan fingerprint density at radius 3 is 2.56 bits per heavy atom. The van der Waals surface area contributed by atoms with Crippen LogP contribution < -0.4 is 11.1 Å². The first-order valence-electron chi connectivity index (χ1n) is 8.57. The number of nitrogens with one attached hydrogen (secondary N) is 1. The standard InChI is InChI=1S/C19H26N4O2/c1-18(2,17(21)25)9-8-16(24)23(12-15-6-4-3-5-7-15)19(13-20)10-11-22-14-19/h3-7,22H,8-12,14H2,1-2H3,(H2,21,25). The van der Waals surface area contributed by atoms with Crippen LogP contribution in [0.2, 0.25) is 0 Å². The second-order valence-electron chi connectivity index (χ2n) is 7.28. The molecule has 0 saturated carbocycles. The van der Waals surface area contributed by atoms with Gasteiger partial charge >= 0.3 is 0 Å². The van der Waals surface area contributed by atoms with Crippen LogP contribution in [0.15, 0.2) is 30.3 Å². The average Bonchev–Trinajstić information content (AvgIpc) is 3.08. The first kappa shape index (κ1) is 18.9. The Labute approximate surface area is 149 Å². The lowest BCUT2D eigenvalue weighted by Crippen LogP contribution is -2.52. The summed E-state index contributed by atoms with van der Waals surface area (Å²) in [5.41, 5.74) is 4.79. The quantitative estimate of drug-likeness (QED) is 0.785. The molecule has 1 heterocycles. The monoisotopic (exact) mass is 342 g/mol. The van der Waals surface area contributed by atoms with E-state index in [2.05, 4.69) is 11.4 Å². The zero-order valence-corrected chi connectivity index (χ0v) is 14.9. The summed E-state index contributed by atoms with van der Waals surface area (Å²) in [6.45, 7) is 5.02. The van der Waals surface area contributed by atoms with Crippen LogP contribution in [0.5, 0.6) is 0 Å². The molecule has 6 nitrogen and oxygen atoms in total. The van der Waals surface area contributed by atoms with E-state index in [0.29, 0.717) is 32.5 Å². The Morgan fingerprint density at radius 1 is 1.36 bits per heavy atom. The second-order valence-corrected chi connectivity index (χ2v) is 7.28. The van der Waals surface area contributed by atoms with Gasteiger partial charge in [0.1, 0.15) is 5.54 Å². The number of rotatable bonds is 7. The molecule has 6 heteroatoms. The maximum absolute atomic E-state index is 13.0. The van der Waals surface area contributed by atoms with Gasteiger partial charge in [0.2, 0.25) is 11.8 Å². The summed E-state index contributed by atoms with van der Waals surface area (Å²) in [6.07, 6.45) is 1.15. The molecule has 2 amide bonds. The van der Waals surface area contributed by atoms with Crippen LogP contribution in [0.4, 0.5) is 0 Å². The largest absolute Gasteiger partial charge is 0.369 e. The van der Waals surface area contributed by atoms with Crippen molar-refractivity contribution in [1.82, 2.24) is 10.2 Å². The number of benzene rings is 1. The lowest BCUT2D eigenvalue weighted by Gasteiger charge is -2.36. The highest BCUT2D eigenvalue weighted by atomic mass is 16.2. The number of nitrogens with two attached hydrogens (primary N) is 1. The fraction of sp³-hybridized carbons (Fsp3) is 0.526. The van der Waals surface area contributed by atoms with Gasteiger partial charge in [-0.2, -0.15) is 5.26 Å². The molecule has 1 unspecified atom stereocenters. The van der Waals surface area contributed by atoms with Crippen molar-refractivity contribution in [3.63, 3.8) is 0 Å². The predicted octanol–water partition coefficient (Wildman–Crippen LogP) is 1.56. The molecule has 1 fully saturated rings. The van der Waals surface area contributed by atoms with Crippen molar-refractivity contribution in [2.75, 3.05) is 13.1 Å². The van der Waals surface area contributed by atoms with Crippen LogP contribution in [-0.4, -0.2) is 35.3 Å². The summed E-state index contributed by atoms with van der Waals surface area (Å²) in [6, 6.07) is 12.0. The van der Waals surface area contributed by atoms with Gasteiger partial charge in [0, 0.05) is 24.9 Å². The highest BCUT2D eigenvalue weighted by Gasteiger charge is 2.43. The van der Waals surface area contributed by atoms with Crippen molar-refractivity contribution in [2.45, 2.75) is 45.2 Å². The van der Waals surface area contributed by atoms with Crippen molar-refractivity contribution in [1.29, 1.82) is 5.26 Å². The minimum Gasteiger partial charge on any atom is -0.369 e. The van der Waals surface area contributed by atoms with Crippen LogP contribution in [0, 0.1) is 16.7 Å². The molecule has 25 heavy (non-hydrogen) atoms. The maximum Gasteiger partial charge on any atom is 0.224 e. The molecule has 134 valence electrons. The summed E-state index contributed by atoms with van der Waals surface area (Å²) in [7, 11) is 0. The zero-order valence-electron chi connectivity index (χ0n) is 14.9. The number of hydrogen-bond donors (Lipinski definition) is 2. The Balaban J connectivity index is 2.21. The summed E-state index contributed by atoms with van der Waals surface area (Å²) in [5, 5.41) is 13.0. The third-order valence-corrected chi connectivity index (χ3v) is 4.97. The van der Waals surface area contributed by atoms with E-state index >= 15 is 0 Å². The SMILES string of the molecule is CC(C)(CCC(=O)N(Cc1ccccc1)C1(C#N)CCNC1)C(N)=O. The zero-order chi connectivity index (χ0) is 18.5. The Bertz CT molecular complexity index is 658. The van der Waals surface area contributed by atoms with Crippen molar-refractivity contribution in [2.24, 2.45) is 11.1 Å². The number of nitrogens with zero attached hydrogens (tertiary/aromatic N) is 2. The molecular formula is C19H26N4O2. The Kier molecular flexibility index (Phi) is 5.81. The molecule has 0 radical (unpaired) electrons. The normalized spacial score (nSPS) is 20.0. The predicted molar refractivity (Wildman–Crippen MR) is 95.0 cm³/mol. The summed E-state index contributed by atoms with van der Waals surface area (Å²) >= 11 is 0. The first-order chi connectivity index (χ1) is 11.8. The van der Waals surface area contributed by atoms with Gasteiger partial charge in [-0.3, -0.25) is 9.59 Å². The molecule has 1 aromatic carbocycles. The van der Waals surface area contributed by atoms with Gasteiger partial charge in [-0.1, -0.05) is 44.2 Å². The molecule has 1 atom stereocenters. The summed E-state index contributed by atoms with van der Waals surface area (Å²) in [4.78, 5) is 26.1. The van der Waals surface area contributed by atoms with E-state index < -0.39 is 16.9 Å². The highest BCUT2D eigenvalue weighted by Crippen LogP contribution is 2.28. The minimum atomic E-state index is -0.843. The van der Waals surface area contributed by atoms with E-state index in [1.54, 1.807) is 18.7 Å². The van der Waals surface area contributed by atoms with Gasteiger partial charge < -0.3 is 16.0 Å². The van der Waals surface area contributed by atoms with Crippen LogP contribution in [0.25, 0.3) is 0 Å². The minimum absolute atomic E-state index is 0.122. The van der Waals surface area contributed by atoms with Crippen molar-refractivity contribution in [3.8, 4) is 6.07 Å². The van der Waals surface area contributed by atoms with E-state index in [4.69, 9.17) is 5.73 Å². The Hall–Kier alpha value is -2.39. The highest BCUT2D eigenvalue weighted by molar-refractivity contribution is 5.82. The van der Waals surface area contributed by atoms with Crippen LogP contribution in [-0.2, 0) is 16.1 Å². The topological polar surface area (TPSA) is 99.2 Å². The lowest BCUT2D eigenvalue weighted by atomic mass is 9.86. The van der Waals surface area contributed by atoms with Gasteiger partial charge in [-0.05, 0) is 24.9 Å². The van der Waals surface area contributed by atoms with E-state index in [-0.39, 0.29) is 12.3 Å². The summed E-state index contributed by atoms with van der Waals surface area (Å²) in [5.74, 6) is -0.545. The molecule has 3 N–H and O–H groups in total. The average molecular weight is 342 g/mol. The smallest absolute Gasteiger partial charge is 0.224 e. The van der Waals surface area contributed by atoms with Crippen LogP contribution in [0.1, 0.15) is 38.7 Å². The van der Waals surface area contributed by atoms with E-state index in [9.17, 15) is 14.9 Å². The number of nitriles is 1. The van der Waals surface area contributed by atoms with Gasteiger partial charge in [-0.15, -0.1) is 0 Å².